The maximum absolute atomic E-state index is 10.9. The molecule has 0 aliphatic rings. The van der Waals surface area contributed by atoms with Crippen LogP contribution in [0.3, 0.4) is 0 Å². The Kier molecular flexibility index (Phi) is 3.72. The standard InChI is InChI=1S/C11H12ClNO/c1-2-9(10(12)11(13)14)8-6-4-3-5-7-8/h3-7H,2H2,1H3,(H2,13,14). The van der Waals surface area contributed by atoms with Crippen molar-refractivity contribution >= 4 is 23.1 Å². The Morgan fingerprint density at radius 3 is 2.36 bits per heavy atom. The van der Waals surface area contributed by atoms with Crippen LogP contribution in [0.15, 0.2) is 35.4 Å². The first kappa shape index (κ1) is 10.8. The molecule has 0 atom stereocenters. The molecule has 1 rings (SSSR count). The molecule has 2 nitrogen and oxygen atoms in total. The summed E-state index contributed by atoms with van der Waals surface area (Å²) in [5.74, 6) is -0.577. The third kappa shape index (κ3) is 2.36. The zero-order valence-electron chi connectivity index (χ0n) is 7.96. The van der Waals surface area contributed by atoms with E-state index in [-0.39, 0.29) is 5.03 Å². The van der Waals surface area contributed by atoms with E-state index < -0.39 is 5.91 Å². The van der Waals surface area contributed by atoms with Crippen LogP contribution in [0.25, 0.3) is 5.57 Å². The Bertz CT molecular complexity index is 357. The highest BCUT2D eigenvalue weighted by Crippen LogP contribution is 2.23. The van der Waals surface area contributed by atoms with E-state index in [4.69, 9.17) is 17.3 Å². The molecule has 0 unspecified atom stereocenters. The molecule has 74 valence electrons. The van der Waals surface area contributed by atoms with Gasteiger partial charge in [-0.3, -0.25) is 4.79 Å². The van der Waals surface area contributed by atoms with Gasteiger partial charge in [0, 0.05) is 0 Å². The van der Waals surface area contributed by atoms with Crippen molar-refractivity contribution in [3.63, 3.8) is 0 Å². The average molecular weight is 210 g/mol. The molecule has 0 saturated carbocycles. The Hall–Kier alpha value is -1.28. The molecular weight excluding hydrogens is 198 g/mol. The summed E-state index contributed by atoms with van der Waals surface area (Å²) < 4.78 is 0. The number of benzene rings is 1. The number of hydrogen-bond acceptors (Lipinski definition) is 1. The van der Waals surface area contributed by atoms with Gasteiger partial charge in [0.15, 0.2) is 0 Å². The van der Waals surface area contributed by atoms with E-state index in [1.807, 2.05) is 37.3 Å². The van der Waals surface area contributed by atoms with Gasteiger partial charge in [-0.05, 0) is 17.6 Å². The fourth-order valence-corrected chi connectivity index (χ4v) is 1.52. The van der Waals surface area contributed by atoms with Crippen molar-refractivity contribution in [2.24, 2.45) is 5.73 Å². The van der Waals surface area contributed by atoms with Crippen LogP contribution in [0.4, 0.5) is 0 Å². The number of rotatable bonds is 3. The lowest BCUT2D eigenvalue weighted by Gasteiger charge is -2.06. The minimum atomic E-state index is -0.577. The molecule has 1 aromatic rings. The average Bonchev–Trinajstić information content (AvgIpc) is 2.20. The monoisotopic (exact) mass is 209 g/mol. The van der Waals surface area contributed by atoms with Crippen LogP contribution in [0.2, 0.25) is 0 Å². The van der Waals surface area contributed by atoms with Gasteiger partial charge in [0.2, 0.25) is 0 Å². The third-order valence-corrected chi connectivity index (χ3v) is 2.37. The highest BCUT2D eigenvalue weighted by atomic mass is 35.5. The summed E-state index contributed by atoms with van der Waals surface area (Å²) in [4.78, 5) is 10.9. The minimum absolute atomic E-state index is 0.124. The molecule has 0 saturated heterocycles. The molecule has 3 heteroatoms. The normalized spacial score (nSPS) is 12.1. The summed E-state index contributed by atoms with van der Waals surface area (Å²) in [5.41, 5.74) is 6.86. The lowest BCUT2D eigenvalue weighted by molar-refractivity contribution is -0.113. The molecule has 0 bridgehead atoms. The maximum Gasteiger partial charge on any atom is 0.260 e. The number of carbonyl (C=O) groups is 1. The predicted molar refractivity (Wildman–Crippen MR) is 58.7 cm³/mol. The minimum Gasteiger partial charge on any atom is -0.365 e. The second-order valence-corrected chi connectivity index (χ2v) is 3.25. The fourth-order valence-electron chi connectivity index (χ4n) is 1.27. The van der Waals surface area contributed by atoms with Gasteiger partial charge in [-0.2, -0.15) is 0 Å². The number of carbonyl (C=O) groups excluding carboxylic acids is 1. The Morgan fingerprint density at radius 1 is 1.36 bits per heavy atom. The van der Waals surface area contributed by atoms with Crippen LogP contribution in [-0.2, 0) is 4.79 Å². The Labute approximate surface area is 88.4 Å². The zero-order valence-corrected chi connectivity index (χ0v) is 8.71. The molecule has 1 aromatic carbocycles. The van der Waals surface area contributed by atoms with Gasteiger partial charge < -0.3 is 5.73 Å². The van der Waals surface area contributed by atoms with Crippen LogP contribution >= 0.6 is 11.6 Å². The van der Waals surface area contributed by atoms with Crippen LogP contribution in [0.1, 0.15) is 18.9 Å². The second kappa shape index (κ2) is 4.82. The van der Waals surface area contributed by atoms with Gasteiger partial charge in [0.05, 0.1) is 0 Å². The Balaban J connectivity index is 3.17. The first-order valence-electron chi connectivity index (χ1n) is 4.40. The van der Waals surface area contributed by atoms with Gasteiger partial charge in [0.1, 0.15) is 5.03 Å². The van der Waals surface area contributed by atoms with E-state index in [1.54, 1.807) is 0 Å². The number of hydrogen-bond donors (Lipinski definition) is 1. The summed E-state index contributed by atoms with van der Waals surface area (Å²) in [5, 5.41) is 0.124. The number of primary amides is 1. The summed E-state index contributed by atoms with van der Waals surface area (Å²) in [6, 6.07) is 9.52. The van der Waals surface area contributed by atoms with Gasteiger partial charge >= 0.3 is 0 Å². The molecule has 0 heterocycles. The number of nitrogens with two attached hydrogens (primary N) is 1. The van der Waals surface area contributed by atoms with Crippen LogP contribution in [0, 0.1) is 0 Å². The molecular formula is C11H12ClNO. The quantitative estimate of drug-likeness (QED) is 0.764. The van der Waals surface area contributed by atoms with E-state index in [9.17, 15) is 4.79 Å². The highest BCUT2D eigenvalue weighted by Gasteiger charge is 2.09. The van der Waals surface area contributed by atoms with Crippen LogP contribution < -0.4 is 5.73 Å². The van der Waals surface area contributed by atoms with Crippen LogP contribution in [-0.4, -0.2) is 5.91 Å². The van der Waals surface area contributed by atoms with E-state index in [1.165, 1.54) is 0 Å². The molecule has 0 aliphatic carbocycles. The van der Waals surface area contributed by atoms with Crippen molar-refractivity contribution in [3.05, 3.63) is 40.9 Å². The van der Waals surface area contributed by atoms with Crippen molar-refractivity contribution < 1.29 is 4.79 Å². The summed E-state index contributed by atoms with van der Waals surface area (Å²) >= 11 is 5.82. The van der Waals surface area contributed by atoms with Crippen molar-refractivity contribution in [1.82, 2.24) is 0 Å². The maximum atomic E-state index is 10.9. The molecule has 2 N–H and O–H groups in total. The molecule has 14 heavy (non-hydrogen) atoms. The summed E-state index contributed by atoms with van der Waals surface area (Å²) in [7, 11) is 0. The number of halogens is 1. The topological polar surface area (TPSA) is 43.1 Å². The Morgan fingerprint density at radius 2 is 1.93 bits per heavy atom. The van der Waals surface area contributed by atoms with E-state index in [0.717, 1.165) is 11.1 Å². The molecule has 1 amide bonds. The van der Waals surface area contributed by atoms with Gasteiger partial charge in [0.25, 0.3) is 5.91 Å². The van der Waals surface area contributed by atoms with E-state index in [2.05, 4.69) is 0 Å². The zero-order chi connectivity index (χ0) is 10.6. The highest BCUT2D eigenvalue weighted by molar-refractivity contribution is 6.45. The smallest absolute Gasteiger partial charge is 0.260 e. The van der Waals surface area contributed by atoms with E-state index in [0.29, 0.717) is 6.42 Å². The second-order valence-electron chi connectivity index (χ2n) is 2.88. The first-order valence-corrected chi connectivity index (χ1v) is 4.78. The molecule has 0 spiro atoms. The van der Waals surface area contributed by atoms with Crippen molar-refractivity contribution in [3.8, 4) is 0 Å². The lowest BCUT2D eigenvalue weighted by atomic mass is 10.0. The fraction of sp³-hybridized carbons (Fsp3) is 0.182. The van der Waals surface area contributed by atoms with Crippen LogP contribution in [0.5, 0.6) is 0 Å². The molecule has 0 aromatic heterocycles. The van der Waals surface area contributed by atoms with Crippen molar-refractivity contribution in [2.75, 3.05) is 0 Å². The first-order chi connectivity index (χ1) is 6.66. The molecule has 0 radical (unpaired) electrons. The molecule has 0 aliphatic heterocycles. The predicted octanol–water partition coefficient (Wildman–Crippen LogP) is 2.53. The van der Waals surface area contributed by atoms with Crippen molar-refractivity contribution in [2.45, 2.75) is 13.3 Å². The molecule has 0 fully saturated rings. The van der Waals surface area contributed by atoms with Gasteiger partial charge in [-0.25, -0.2) is 0 Å². The van der Waals surface area contributed by atoms with Crippen molar-refractivity contribution in [1.29, 1.82) is 0 Å². The summed E-state index contributed by atoms with van der Waals surface area (Å²) in [6.07, 6.45) is 0.686. The van der Waals surface area contributed by atoms with Gasteiger partial charge in [-0.15, -0.1) is 0 Å². The SMILES string of the molecule is CCC(=C(Cl)C(N)=O)c1ccccc1. The number of amides is 1. The van der Waals surface area contributed by atoms with Gasteiger partial charge in [-0.1, -0.05) is 48.9 Å². The summed E-state index contributed by atoms with van der Waals surface area (Å²) in [6.45, 7) is 1.94. The lowest BCUT2D eigenvalue weighted by Crippen LogP contribution is -2.11. The largest absolute Gasteiger partial charge is 0.365 e. The third-order valence-electron chi connectivity index (χ3n) is 1.96. The van der Waals surface area contributed by atoms with E-state index >= 15 is 0 Å². The number of allylic oxidation sites excluding steroid dienone is 1.